The molecule has 98 valence electrons. The summed E-state index contributed by atoms with van der Waals surface area (Å²) in [5.74, 6) is 0. The highest BCUT2D eigenvalue weighted by atomic mass is 28.4. The quantitative estimate of drug-likeness (QED) is 0.550. The van der Waals surface area contributed by atoms with Gasteiger partial charge in [-0.2, -0.15) is 0 Å². The highest BCUT2D eigenvalue weighted by Gasteiger charge is 2.49. The van der Waals surface area contributed by atoms with Gasteiger partial charge in [-0.1, -0.05) is 32.9 Å². The van der Waals surface area contributed by atoms with Gasteiger partial charge in [0.1, 0.15) is 5.60 Å². The fraction of sp³-hybridized carbons (Fsp3) is 0.857. The summed E-state index contributed by atoms with van der Waals surface area (Å²) in [6, 6.07) is 0. The van der Waals surface area contributed by atoms with E-state index in [4.69, 9.17) is 9.16 Å². The van der Waals surface area contributed by atoms with Crippen LogP contribution in [0.2, 0.25) is 18.1 Å². The molecule has 0 radical (unpaired) electrons. The number of hydrogen-bond donors (Lipinski definition) is 0. The molecule has 0 aromatic carbocycles. The van der Waals surface area contributed by atoms with Crippen LogP contribution < -0.4 is 0 Å². The Morgan fingerprint density at radius 2 is 2.06 bits per heavy atom. The molecule has 1 heterocycles. The third-order valence-corrected chi connectivity index (χ3v) is 9.16. The van der Waals surface area contributed by atoms with E-state index in [1.165, 1.54) is 6.42 Å². The molecule has 0 aromatic heterocycles. The Bertz CT molecular complexity index is 317. The monoisotopic (exact) mass is 254 g/mol. The van der Waals surface area contributed by atoms with Gasteiger partial charge in [-0.25, -0.2) is 0 Å². The lowest BCUT2D eigenvalue weighted by Crippen LogP contribution is -2.49. The third-order valence-electron chi connectivity index (χ3n) is 4.67. The average Bonchev–Trinajstić information content (AvgIpc) is 2.77. The van der Waals surface area contributed by atoms with Crippen LogP contribution in [0.5, 0.6) is 0 Å². The Kier molecular flexibility index (Phi) is 3.30. The van der Waals surface area contributed by atoms with Crippen molar-refractivity contribution in [3.05, 3.63) is 12.2 Å². The largest absolute Gasteiger partial charge is 0.411 e. The minimum absolute atomic E-state index is 0.0878. The fourth-order valence-corrected chi connectivity index (χ4v) is 3.90. The molecule has 1 spiro atoms. The maximum absolute atomic E-state index is 6.56. The molecule has 1 aliphatic heterocycles. The SMILES string of the molecule is CC(C)(C)[Si](C)(C)O[C@H]1CCC[C@]12C=CCO2. The van der Waals surface area contributed by atoms with E-state index in [9.17, 15) is 0 Å². The van der Waals surface area contributed by atoms with Gasteiger partial charge in [-0.05, 0) is 37.4 Å². The molecule has 0 amide bonds. The van der Waals surface area contributed by atoms with Crippen LogP contribution in [-0.2, 0) is 9.16 Å². The summed E-state index contributed by atoms with van der Waals surface area (Å²) < 4.78 is 12.5. The van der Waals surface area contributed by atoms with Crippen molar-refractivity contribution >= 4 is 8.32 Å². The summed E-state index contributed by atoms with van der Waals surface area (Å²) in [6.07, 6.45) is 8.18. The Morgan fingerprint density at radius 3 is 2.59 bits per heavy atom. The molecule has 1 aliphatic carbocycles. The van der Waals surface area contributed by atoms with Crippen LogP contribution >= 0.6 is 0 Å². The number of ether oxygens (including phenoxy) is 1. The zero-order chi connectivity index (χ0) is 12.7. The van der Waals surface area contributed by atoms with Crippen molar-refractivity contribution in [1.82, 2.24) is 0 Å². The van der Waals surface area contributed by atoms with Gasteiger partial charge >= 0.3 is 0 Å². The van der Waals surface area contributed by atoms with Gasteiger partial charge in [0.05, 0.1) is 12.7 Å². The second kappa shape index (κ2) is 4.21. The highest BCUT2D eigenvalue weighted by Crippen LogP contribution is 2.44. The molecule has 1 saturated carbocycles. The molecule has 2 aliphatic rings. The van der Waals surface area contributed by atoms with E-state index in [0.29, 0.717) is 0 Å². The molecule has 0 N–H and O–H groups in total. The van der Waals surface area contributed by atoms with E-state index in [1.54, 1.807) is 0 Å². The molecule has 0 aromatic rings. The summed E-state index contributed by atoms with van der Waals surface area (Å²) in [5.41, 5.74) is -0.0878. The van der Waals surface area contributed by atoms with Crippen LogP contribution in [-0.4, -0.2) is 26.6 Å². The predicted molar refractivity (Wildman–Crippen MR) is 73.7 cm³/mol. The summed E-state index contributed by atoms with van der Waals surface area (Å²) in [5, 5.41) is 0.277. The van der Waals surface area contributed by atoms with Crippen LogP contribution in [0.15, 0.2) is 12.2 Å². The van der Waals surface area contributed by atoms with Gasteiger partial charge in [-0.15, -0.1) is 0 Å². The molecule has 3 heteroatoms. The standard InChI is InChI=1S/C14H26O2Si/c1-13(2,3)17(4,5)16-12-8-6-9-14(12)10-7-11-15-14/h7,10,12H,6,8-9,11H2,1-5H3/t12-,14-/m0/s1. The zero-order valence-electron chi connectivity index (χ0n) is 11.9. The normalized spacial score (nSPS) is 33.8. The van der Waals surface area contributed by atoms with Crippen molar-refractivity contribution in [2.45, 2.75) is 69.9 Å². The Morgan fingerprint density at radius 1 is 1.35 bits per heavy atom. The first kappa shape index (κ1) is 13.3. The molecule has 0 saturated heterocycles. The van der Waals surface area contributed by atoms with E-state index in [1.807, 2.05) is 0 Å². The van der Waals surface area contributed by atoms with E-state index < -0.39 is 8.32 Å². The zero-order valence-corrected chi connectivity index (χ0v) is 12.9. The summed E-state index contributed by atoms with van der Waals surface area (Å²) in [4.78, 5) is 0. The van der Waals surface area contributed by atoms with E-state index in [2.05, 4.69) is 46.0 Å². The molecule has 2 rings (SSSR count). The summed E-state index contributed by atoms with van der Waals surface area (Å²) in [6.45, 7) is 12.3. The molecular formula is C14H26O2Si. The van der Waals surface area contributed by atoms with Crippen molar-refractivity contribution in [3.63, 3.8) is 0 Å². The first-order valence-electron chi connectivity index (χ1n) is 6.76. The highest BCUT2D eigenvalue weighted by molar-refractivity contribution is 6.74. The number of rotatable bonds is 2. The van der Waals surface area contributed by atoms with Gasteiger partial charge in [-0.3, -0.25) is 0 Å². The lowest BCUT2D eigenvalue weighted by atomic mass is 10.0. The fourth-order valence-electron chi connectivity index (χ4n) is 2.51. The van der Waals surface area contributed by atoms with Crippen molar-refractivity contribution in [3.8, 4) is 0 Å². The van der Waals surface area contributed by atoms with Crippen LogP contribution in [0.1, 0.15) is 40.0 Å². The Labute approximate surface area is 107 Å². The van der Waals surface area contributed by atoms with Crippen molar-refractivity contribution in [2.24, 2.45) is 0 Å². The second-order valence-corrected chi connectivity index (χ2v) is 11.7. The molecule has 0 unspecified atom stereocenters. The topological polar surface area (TPSA) is 18.5 Å². The van der Waals surface area contributed by atoms with Crippen LogP contribution in [0.4, 0.5) is 0 Å². The maximum atomic E-state index is 6.56. The van der Waals surface area contributed by atoms with Gasteiger partial charge in [0, 0.05) is 0 Å². The van der Waals surface area contributed by atoms with Crippen LogP contribution in [0.25, 0.3) is 0 Å². The van der Waals surface area contributed by atoms with Crippen LogP contribution in [0.3, 0.4) is 0 Å². The van der Waals surface area contributed by atoms with Crippen molar-refractivity contribution in [1.29, 1.82) is 0 Å². The van der Waals surface area contributed by atoms with E-state index in [0.717, 1.165) is 19.4 Å². The average molecular weight is 254 g/mol. The maximum Gasteiger partial charge on any atom is 0.192 e. The van der Waals surface area contributed by atoms with Crippen molar-refractivity contribution in [2.75, 3.05) is 6.61 Å². The van der Waals surface area contributed by atoms with Gasteiger partial charge in [0.25, 0.3) is 0 Å². The molecule has 0 bridgehead atoms. The molecule has 1 fully saturated rings. The van der Waals surface area contributed by atoms with Crippen LogP contribution in [0, 0.1) is 0 Å². The molecule has 17 heavy (non-hydrogen) atoms. The second-order valence-electron chi connectivity index (χ2n) is 6.93. The van der Waals surface area contributed by atoms with E-state index in [-0.39, 0.29) is 16.7 Å². The third kappa shape index (κ3) is 2.38. The first-order valence-corrected chi connectivity index (χ1v) is 9.67. The smallest absolute Gasteiger partial charge is 0.192 e. The minimum Gasteiger partial charge on any atom is -0.411 e. The van der Waals surface area contributed by atoms with E-state index >= 15 is 0 Å². The van der Waals surface area contributed by atoms with Gasteiger partial charge in [0.15, 0.2) is 8.32 Å². The molecule has 2 atom stereocenters. The lowest BCUT2D eigenvalue weighted by molar-refractivity contribution is -0.0447. The molecular weight excluding hydrogens is 228 g/mol. The minimum atomic E-state index is -1.68. The number of hydrogen-bond acceptors (Lipinski definition) is 2. The summed E-state index contributed by atoms with van der Waals surface area (Å²) >= 11 is 0. The molecule has 2 nitrogen and oxygen atoms in total. The first-order chi connectivity index (χ1) is 7.77. The van der Waals surface area contributed by atoms with Crippen molar-refractivity contribution < 1.29 is 9.16 Å². The Balaban J connectivity index is 2.11. The predicted octanol–water partition coefficient (Wildman–Crippen LogP) is 3.89. The Hall–Kier alpha value is -0.123. The van der Waals surface area contributed by atoms with Gasteiger partial charge in [0.2, 0.25) is 0 Å². The summed E-state index contributed by atoms with van der Waals surface area (Å²) in [7, 11) is -1.68. The lowest BCUT2D eigenvalue weighted by Gasteiger charge is -2.42. The van der Waals surface area contributed by atoms with Gasteiger partial charge < -0.3 is 9.16 Å².